The number of halogens is 1. The lowest BCUT2D eigenvalue weighted by Gasteiger charge is -2.05. The Balaban J connectivity index is 1.96. The molecule has 2 rings (SSSR count). The molecular formula is C14H14BrNO3S2. The van der Waals surface area contributed by atoms with Crippen molar-refractivity contribution in [1.82, 2.24) is 5.32 Å². The van der Waals surface area contributed by atoms with Crippen molar-refractivity contribution in [1.29, 1.82) is 0 Å². The summed E-state index contributed by atoms with van der Waals surface area (Å²) in [5.41, 5.74) is 1.19. The van der Waals surface area contributed by atoms with E-state index < -0.39 is 9.84 Å². The Morgan fingerprint density at radius 2 is 1.86 bits per heavy atom. The molecule has 0 saturated heterocycles. The second-order valence-electron chi connectivity index (χ2n) is 4.66. The highest BCUT2D eigenvalue weighted by molar-refractivity contribution is 9.11. The number of hydrogen-bond acceptors (Lipinski definition) is 4. The Kier molecular flexibility index (Phi) is 5.18. The largest absolute Gasteiger partial charge is 0.347 e. The molecule has 112 valence electrons. The van der Waals surface area contributed by atoms with Gasteiger partial charge in [-0.3, -0.25) is 4.79 Å². The normalized spacial score (nSPS) is 11.3. The zero-order valence-corrected chi connectivity index (χ0v) is 14.5. The molecule has 1 N–H and O–H groups in total. The first-order valence-electron chi connectivity index (χ1n) is 6.12. The molecule has 0 unspecified atom stereocenters. The topological polar surface area (TPSA) is 63.2 Å². The Labute approximate surface area is 136 Å². The summed E-state index contributed by atoms with van der Waals surface area (Å²) < 4.78 is 23.4. The van der Waals surface area contributed by atoms with Crippen LogP contribution in [0.5, 0.6) is 0 Å². The number of hydrogen-bond donors (Lipinski definition) is 1. The summed E-state index contributed by atoms with van der Waals surface area (Å²) in [4.78, 5) is 13.0. The van der Waals surface area contributed by atoms with Crippen molar-refractivity contribution in [3.05, 3.63) is 56.2 Å². The van der Waals surface area contributed by atoms with E-state index in [1.807, 2.05) is 12.1 Å². The number of carbonyl (C=O) groups is 1. The molecule has 0 spiro atoms. The number of carbonyl (C=O) groups excluding carboxylic acids is 1. The first kappa shape index (κ1) is 16.2. The highest BCUT2D eigenvalue weighted by Crippen LogP contribution is 2.21. The van der Waals surface area contributed by atoms with Gasteiger partial charge in [0.15, 0.2) is 9.84 Å². The van der Waals surface area contributed by atoms with E-state index in [0.29, 0.717) is 17.7 Å². The highest BCUT2D eigenvalue weighted by Gasteiger charge is 2.08. The molecule has 7 heteroatoms. The third-order valence-electron chi connectivity index (χ3n) is 2.70. The number of benzene rings is 1. The van der Waals surface area contributed by atoms with Crippen LogP contribution in [0.4, 0.5) is 0 Å². The fourth-order valence-corrected chi connectivity index (χ4v) is 3.99. The summed E-state index contributed by atoms with van der Waals surface area (Å²) in [5, 5.41) is 2.83. The van der Waals surface area contributed by atoms with Crippen molar-refractivity contribution in [3.63, 3.8) is 0 Å². The molecule has 0 bridgehead atoms. The van der Waals surface area contributed by atoms with E-state index in [1.54, 1.807) is 35.6 Å². The van der Waals surface area contributed by atoms with Gasteiger partial charge in [-0.15, -0.1) is 11.3 Å². The number of thiophene rings is 1. The Morgan fingerprint density at radius 1 is 1.19 bits per heavy atom. The molecule has 0 atom stereocenters. The molecule has 1 aromatic carbocycles. The summed E-state index contributed by atoms with van der Waals surface area (Å²) >= 11 is 4.94. The third kappa shape index (κ3) is 5.26. The van der Waals surface area contributed by atoms with E-state index in [2.05, 4.69) is 21.2 Å². The Bertz CT molecular complexity index is 736. The van der Waals surface area contributed by atoms with Crippen LogP contribution in [0, 0.1) is 0 Å². The molecule has 4 nitrogen and oxygen atoms in total. The predicted octanol–water partition coefficient (Wildman–Crippen LogP) is 2.99. The van der Waals surface area contributed by atoms with Gasteiger partial charge in [0.05, 0.1) is 16.1 Å². The number of sulfone groups is 1. The number of rotatable bonds is 5. The van der Waals surface area contributed by atoms with Crippen LogP contribution < -0.4 is 5.32 Å². The van der Waals surface area contributed by atoms with Crippen LogP contribution in [0.25, 0.3) is 0 Å². The molecule has 1 amide bonds. The Morgan fingerprint density at radius 3 is 2.38 bits per heavy atom. The van der Waals surface area contributed by atoms with Crippen molar-refractivity contribution < 1.29 is 13.2 Å². The van der Waals surface area contributed by atoms with Crippen LogP contribution >= 0.6 is 27.3 Å². The average molecular weight is 388 g/mol. The lowest BCUT2D eigenvalue weighted by Crippen LogP contribution is -2.22. The quantitative estimate of drug-likeness (QED) is 0.857. The van der Waals surface area contributed by atoms with Gasteiger partial charge in [0.25, 0.3) is 5.91 Å². The molecule has 1 heterocycles. The van der Waals surface area contributed by atoms with Crippen LogP contribution in [0.15, 0.2) is 40.2 Å². The summed E-state index contributed by atoms with van der Waals surface area (Å²) in [7, 11) is -3.06. The van der Waals surface area contributed by atoms with Crippen LogP contribution in [-0.4, -0.2) is 20.6 Å². The molecule has 0 aliphatic heterocycles. The minimum atomic E-state index is -3.06. The fraction of sp³-hybridized carbons (Fsp3) is 0.214. The highest BCUT2D eigenvalue weighted by atomic mass is 79.9. The fourth-order valence-electron chi connectivity index (χ4n) is 1.77. The summed E-state index contributed by atoms with van der Waals surface area (Å²) in [6.45, 7) is 0.472. The second kappa shape index (κ2) is 6.72. The number of nitrogens with one attached hydrogen (secondary N) is 1. The van der Waals surface area contributed by atoms with E-state index in [-0.39, 0.29) is 11.7 Å². The van der Waals surface area contributed by atoms with Crippen LogP contribution in [0.1, 0.15) is 20.8 Å². The van der Waals surface area contributed by atoms with Crippen molar-refractivity contribution >= 4 is 43.0 Å². The standard InChI is InChI=1S/C14H14BrNO3S2/c1-21(18,19)9-10-2-4-11(5-3-10)14(17)16-8-12-6-7-13(15)20-12/h2-7H,8-9H2,1H3,(H,16,17). The monoisotopic (exact) mass is 387 g/mol. The molecule has 1 aromatic heterocycles. The van der Waals surface area contributed by atoms with Gasteiger partial charge < -0.3 is 5.32 Å². The number of amides is 1. The van der Waals surface area contributed by atoms with Gasteiger partial charge in [0.1, 0.15) is 0 Å². The maximum atomic E-state index is 12.0. The van der Waals surface area contributed by atoms with Crippen molar-refractivity contribution in [2.24, 2.45) is 0 Å². The van der Waals surface area contributed by atoms with E-state index in [9.17, 15) is 13.2 Å². The Hall–Kier alpha value is -1.18. The molecule has 2 aromatic rings. The summed E-state index contributed by atoms with van der Waals surface area (Å²) in [6, 6.07) is 10.5. The molecule has 0 fully saturated rings. The average Bonchev–Trinajstić information content (AvgIpc) is 2.81. The van der Waals surface area contributed by atoms with Crippen molar-refractivity contribution in [2.45, 2.75) is 12.3 Å². The van der Waals surface area contributed by atoms with Gasteiger partial charge in [0.2, 0.25) is 0 Å². The van der Waals surface area contributed by atoms with Gasteiger partial charge in [-0.1, -0.05) is 12.1 Å². The lowest BCUT2D eigenvalue weighted by molar-refractivity contribution is 0.0951. The van der Waals surface area contributed by atoms with Gasteiger partial charge in [-0.2, -0.15) is 0 Å². The molecule has 21 heavy (non-hydrogen) atoms. The van der Waals surface area contributed by atoms with Crippen LogP contribution in [0.2, 0.25) is 0 Å². The maximum Gasteiger partial charge on any atom is 0.251 e. The minimum absolute atomic E-state index is 0.0158. The second-order valence-corrected chi connectivity index (χ2v) is 9.34. The smallest absolute Gasteiger partial charge is 0.251 e. The third-order valence-corrected chi connectivity index (χ3v) is 5.18. The van der Waals surface area contributed by atoms with Gasteiger partial charge in [-0.25, -0.2) is 8.42 Å². The van der Waals surface area contributed by atoms with Crippen LogP contribution in [0.3, 0.4) is 0 Å². The first-order valence-corrected chi connectivity index (χ1v) is 9.79. The van der Waals surface area contributed by atoms with E-state index in [4.69, 9.17) is 0 Å². The van der Waals surface area contributed by atoms with Gasteiger partial charge in [0, 0.05) is 16.7 Å². The van der Waals surface area contributed by atoms with Crippen molar-refractivity contribution in [2.75, 3.05) is 6.26 Å². The summed E-state index contributed by atoms with van der Waals surface area (Å²) in [5.74, 6) is -0.191. The van der Waals surface area contributed by atoms with Crippen LogP contribution in [-0.2, 0) is 22.1 Å². The molecule has 0 aliphatic carbocycles. The molecule has 0 radical (unpaired) electrons. The zero-order chi connectivity index (χ0) is 15.5. The van der Waals surface area contributed by atoms with Crippen molar-refractivity contribution in [3.8, 4) is 0 Å². The van der Waals surface area contributed by atoms with E-state index in [1.165, 1.54) is 6.26 Å². The maximum absolute atomic E-state index is 12.0. The first-order chi connectivity index (χ1) is 9.83. The van der Waals surface area contributed by atoms with E-state index in [0.717, 1.165) is 8.66 Å². The molecule has 0 aliphatic rings. The van der Waals surface area contributed by atoms with E-state index >= 15 is 0 Å². The predicted molar refractivity (Wildman–Crippen MR) is 88.2 cm³/mol. The SMILES string of the molecule is CS(=O)(=O)Cc1ccc(C(=O)NCc2ccc(Br)s2)cc1. The molecular weight excluding hydrogens is 374 g/mol. The zero-order valence-electron chi connectivity index (χ0n) is 11.3. The van der Waals surface area contributed by atoms with Gasteiger partial charge in [-0.05, 0) is 45.8 Å². The minimum Gasteiger partial charge on any atom is -0.347 e. The lowest BCUT2D eigenvalue weighted by atomic mass is 10.1. The van der Waals surface area contributed by atoms with Gasteiger partial charge >= 0.3 is 0 Å². The summed E-state index contributed by atoms with van der Waals surface area (Å²) in [6.07, 6.45) is 1.19. The molecule has 0 saturated carbocycles.